The maximum Gasteiger partial charge on any atom is 0.533 e. The molecule has 0 saturated carbocycles. The molecule has 0 bridgehead atoms. The molecular formula is C17H21NO7. The van der Waals surface area contributed by atoms with Crippen LogP contribution in [-0.2, 0) is 25.6 Å². The van der Waals surface area contributed by atoms with E-state index < -0.39 is 23.9 Å². The number of carboxylic acid groups (broad SMARTS) is 1. The van der Waals surface area contributed by atoms with E-state index in [-0.39, 0.29) is 30.8 Å². The SMILES string of the molecule is CCOC(=O)ONC(=O)CCC(Cc1cccc(C(=O)O)c1)C(C)=O. The lowest BCUT2D eigenvalue weighted by Crippen LogP contribution is -2.28. The van der Waals surface area contributed by atoms with Crippen molar-refractivity contribution in [1.82, 2.24) is 5.48 Å². The van der Waals surface area contributed by atoms with Gasteiger partial charge in [0.2, 0.25) is 0 Å². The fourth-order valence-electron chi connectivity index (χ4n) is 2.17. The summed E-state index contributed by atoms with van der Waals surface area (Å²) in [6.07, 6.45) is -0.473. The van der Waals surface area contributed by atoms with Gasteiger partial charge in [-0.2, -0.15) is 5.48 Å². The van der Waals surface area contributed by atoms with Crippen LogP contribution in [0, 0.1) is 5.92 Å². The average Bonchev–Trinajstić information content (AvgIpc) is 2.57. The zero-order chi connectivity index (χ0) is 18.8. The molecule has 0 aromatic heterocycles. The van der Waals surface area contributed by atoms with E-state index in [1.807, 2.05) is 5.48 Å². The van der Waals surface area contributed by atoms with Crippen molar-refractivity contribution in [3.05, 3.63) is 35.4 Å². The van der Waals surface area contributed by atoms with Crippen LogP contribution in [-0.4, -0.2) is 35.5 Å². The molecular weight excluding hydrogens is 330 g/mol. The highest BCUT2D eigenvalue weighted by molar-refractivity contribution is 5.87. The van der Waals surface area contributed by atoms with Gasteiger partial charge in [-0.15, -0.1) is 0 Å². The van der Waals surface area contributed by atoms with E-state index in [1.165, 1.54) is 19.1 Å². The minimum Gasteiger partial charge on any atom is -0.478 e. The summed E-state index contributed by atoms with van der Waals surface area (Å²) in [6, 6.07) is 6.30. The Balaban J connectivity index is 2.56. The van der Waals surface area contributed by atoms with Crippen molar-refractivity contribution in [3.63, 3.8) is 0 Å². The summed E-state index contributed by atoms with van der Waals surface area (Å²) in [7, 11) is 0. The zero-order valence-electron chi connectivity index (χ0n) is 14.1. The fourth-order valence-corrected chi connectivity index (χ4v) is 2.17. The first kappa shape index (κ1) is 20.1. The number of hydrogen-bond donors (Lipinski definition) is 2. The number of Topliss-reactive ketones (excluding diaryl/α,β-unsaturated/α-hetero) is 1. The fraction of sp³-hybridized carbons (Fsp3) is 0.412. The van der Waals surface area contributed by atoms with Crippen molar-refractivity contribution in [2.24, 2.45) is 5.92 Å². The molecule has 0 aliphatic rings. The molecule has 0 aliphatic heterocycles. The normalized spacial score (nSPS) is 11.3. The second-order valence-electron chi connectivity index (χ2n) is 5.37. The number of aromatic carboxylic acids is 1. The lowest BCUT2D eigenvalue weighted by Gasteiger charge is -2.14. The van der Waals surface area contributed by atoms with Crippen LogP contribution in [0.4, 0.5) is 4.79 Å². The predicted molar refractivity (Wildman–Crippen MR) is 86.8 cm³/mol. The number of ether oxygens (including phenoxy) is 1. The maximum atomic E-state index is 11.8. The molecule has 0 fully saturated rings. The van der Waals surface area contributed by atoms with E-state index >= 15 is 0 Å². The summed E-state index contributed by atoms with van der Waals surface area (Å²) in [5, 5.41) is 9.00. The molecule has 1 atom stereocenters. The number of rotatable bonds is 8. The standard InChI is InChI=1S/C17H21NO7/c1-3-24-17(23)25-18-15(20)8-7-13(11(2)19)9-12-5-4-6-14(10-12)16(21)22/h4-6,10,13H,3,7-9H2,1-2H3,(H,18,20)(H,21,22). The van der Waals surface area contributed by atoms with Crippen LogP contribution in [0.25, 0.3) is 0 Å². The first-order chi connectivity index (χ1) is 11.8. The van der Waals surface area contributed by atoms with Crippen LogP contribution in [0.1, 0.15) is 42.6 Å². The third-order valence-electron chi connectivity index (χ3n) is 3.46. The van der Waals surface area contributed by atoms with E-state index in [0.717, 1.165) is 0 Å². The largest absolute Gasteiger partial charge is 0.533 e. The predicted octanol–water partition coefficient (Wildman–Crippen LogP) is 2.12. The molecule has 8 heteroatoms. The van der Waals surface area contributed by atoms with Gasteiger partial charge in [0.25, 0.3) is 5.91 Å². The van der Waals surface area contributed by atoms with Gasteiger partial charge in [0.15, 0.2) is 0 Å². The van der Waals surface area contributed by atoms with Gasteiger partial charge < -0.3 is 14.7 Å². The molecule has 0 saturated heterocycles. The maximum absolute atomic E-state index is 11.8. The Hall–Kier alpha value is -2.90. The zero-order valence-corrected chi connectivity index (χ0v) is 14.1. The Labute approximate surface area is 145 Å². The number of benzene rings is 1. The van der Waals surface area contributed by atoms with E-state index in [2.05, 4.69) is 9.57 Å². The number of ketones is 1. The second kappa shape index (κ2) is 10.1. The van der Waals surface area contributed by atoms with Gasteiger partial charge in [-0.1, -0.05) is 12.1 Å². The molecule has 1 aromatic rings. The Morgan fingerprint density at radius 3 is 2.56 bits per heavy atom. The summed E-state index contributed by atoms with van der Waals surface area (Å²) in [4.78, 5) is 49.8. The van der Waals surface area contributed by atoms with Crippen LogP contribution in [0.15, 0.2) is 24.3 Å². The first-order valence-corrected chi connectivity index (χ1v) is 7.78. The van der Waals surface area contributed by atoms with Gasteiger partial charge in [-0.25, -0.2) is 9.59 Å². The van der Waals surface area contributed by atoms with Crippen molar-refractivity contribution in [3.8, 4) is 0 Å². The smallest absolute Gasteiger partial charge is 0.478 e. The van der Waals surface area contributed by atoms with Gasteiger partial charge in [0, 0.05) is 12.3 Å². The van der Waals surface area contributed by atoms with Crippen molar-refractivity contribution >= 4 is 23.8 Å². The Bertz CT molecular complexity index is 642. The number of hydrogen-bond acceptors (Lipinski definition) is 6. The minimum atomic E-state index is -1.04. The highest BCUT2D eigenvalue weighted by Crippen LogP contribution is 2.17. The Morgan fingerprint density at radius 2 is 1.96 bits per heavy atom. The molecule has 1 rings (SSSR count). The van der Waals surface area contributed by atoms with Crippen LogP contribution in [0.2, 0.25) is 0 Å². The van der Waals surface area contributed by atoms with Crippen LogP contribution in [0.5, 0.6) is 0 Å². The van der Waals surface area contributed by atoms with E-state index in [0.29, 0.717) is 12.0 Å². The van der Waals surface area contributed by atoms with Gasteiger partial charge in [0.05, 0.1) is 12.2 Å². The summed E-state index contributed by atoms with van der Waals surface area (Å²) in [6.45, 7) is 3.13. The molecule has 0 spiro atoms. The molecule has 1 aromatic carbocycles. The molecule has 1 amide bonds. The minimum absolute atomic E-state index is 0.0255. The Morgan fingerprint density at radius 1 is 1.24 bits per heavy atom. The molecule has 25 heavy (non-hydrogen) atoms. The molecule has 136 valence electrons. The molecule has 2 N–H and O–H groups in total. The number of amides is 1. The van der Waals surface area contributed by atoms with Crippen LogP contribution >= 0.6 is 0 Å². The van der Waals surface area contributed by atoms with Gasteiger partial charge in [-0.05, 0) is 44.4 Å². The second-order valence-corrected chi connectivity index (χ2v) is 5.37. The number of hydroxylamine groups is 1. The molecule has 0 radical (unpaired) electrons. The number of carboxylic acids is 1. The van der Waals surface area contributed by atoms with Crippen molar-refractivity contribution in [1.29, 1.82) is 0 Å². The Kier molecular flexibility index (Phi) is 8.11. The highest BCUT2D eigenvalue weighted by atomic mass is 16.8. The number of carbonyl (C=O) groups excluding carboxylic acids is 3. The van der Waals surface area contributed by atoms with E-state index in [9.17, 15) is 19.2 Å². The lowest BCUT2D eigenvalue weighted by molar-refractivity contribution is -0.131. The summed E-state index contributed by atoms with van der Waals surface area (Å²) < 4.78 is 4.49. The highest BCUT2D eigenvalue weighted by Gasteiger charge is 2.18. The van der Waals surface area contributed by atoms with Crippen LogP contribution < -0.4 is 5.48 Å². The topological polar surface area (TPSA) is 119 Å². The summed E-state index contributed by atoms with van der Waals surface area (Å²) >= 11 is 0. The third-order valence-corrected chi connectivity index (χ3v) is 3.46. The first-order valence-electron chi connectivity index (χ1n) is 7.78. The monoisotopic (exact) mass is 351 g/mol. The van der Waals surface area contributed by atoms with E-state index in [1.54, 1.807) is 19.1 Å². The molecule has 1 unspecified atom stereocenters. The van der Waals surface area contributed by atoms with Crippen molar-refractivity contribution in [2.75, 3.05) is 6.61 Å². The molecule has 8 nitrogen and oxygen atoms in total. The van der Waals surface area contributed by atoms with Gasteiger partial charge in [0.1, 0.15) is 5.78 Å². The van der Waals surface area contributed by atoms with Crippen molar-refractivity contribution < 1.29 is 33.9 Å². The quantitative estimate of drug-likeness (QED) is 0.544. The summed E-state index contributed by atoms with van der Waals surface area (Å²) in [5.74, 6) is -2.16. The molecule has 0 aliphatic carbocycles. The van der Waals surface area contributed by atoms with Gasteiger partial charge >= 0.3 is 12.1 Å². The van der Waals surface area contributed by atoms with E-state index in [4.69, 9.17) is 5.11 Å². The number of nitrogens with one attached hydrogen (secondary N) is 1. The summed E-state index contributed by atoms with van der Waals surface area (Å²) in [5.41, 5.74) is 2.78. The van der Waals surface area contributed by atoms with Crippen molar-refractivity contribution in [2.45, 2.75) is 33.1 Å². The van der Waals surface area contributed by atoms with Crippen LogP contribution in [0.3, 0.4) is 0 Å². The third kappa shape index (κ3) is 7.47. The molecule has 0 heterocycles. The lowest BCUT2D eigenvalue weighted by atomic mass is 9.91. The average molecular weight is 351 g/mol. The van der Waals surface area contributed by atoms with Gasteiger partial charge in [-0.3, -0.25) is 9.59 Å². The number of carbonyl (C=O) groups is 4.